The average molecular weight is 272 g/mol. The Hall–Kier alpha value is -0.810. The third-order valence-corrected chi connectivity index (χ3v) is 3.12. The first-order valence-corrected chi connectivity index (χ1v) is 7.02. The minimum atomic E-state index is -0.465. The van der Waals surface area contributed by atoms with Crippen molar-refractivity contribution in [2.45, 2.75) is 65.3 Å². The van der Waals surface area contributed by atoms with Crippen LogP contribution in [0.5, 0.6) is 0 Å². The lowest BCUT2D eigenvalue weighted by molar-refractivity contribution is -0.0203. The smallest absolute Gasteiger partial charge is 0.410 e. The quantitative estimate of drug-likeness (QED) is 0.831. The topological polar surface area (TPSA) is 53.0 Å². The third-order valence-electron chi connectivity index (χ3n) is 3.12. The van der Waals surface area contributed by atoms with Gasteiger partial charge in [-0.25, -0.2) is 4.79 Å². The molecule has 0 aromatic carbocycles. The van der Waals surface area contributed by atoms with Gasteiger partial charge in [0.2, 0.25) is 0 Å². The molecule has 5 nitrogen and oxygen atoms in total. The Balaban J connectivity index is 2.65. The van der Waals surface area contributed by atoms with Gasteiger partial charge < -0.3 is 14.7 Å². The number of hydrogen-bond acceptors (Lipinski definition) is 4. The van der Waals surface area contributed by atoms with E-state index in [-0.39, 0.29) is 24.3 Å². The Morgan fingerprint density at radius 3 is 2.16 bits per heavy atom. The van der Waals surface area contributed by atoms with Crippen LogP contribution >= 0.6 is 0 Å². The molecule has 0 saturated carbocycles. The van der Waals surface area contributed by atoms with Crippen LogP contribution < -0.4 is 0 Å². The summed E-state index contributed by atoms with van der Waals surface area (Å²) in [6.07, 6.45) is -0.586. The van der Waals surface area contributed by atoms with Crippen molar-refractivity contribution < 1.29 is 14.6 Å². The van der Waals surface area contributed by atoms with E-state index in [9.17, 15) is 9.90 Å². The highest BCUT2D eigenvalue weighted by atomic mass is 16.6. The number of ether oxygens (including phenoxy) is 1. The van der Waals surface area contributed by atoms with Crippen molar-refractivity contribution in [3.8, 4) is 0 Å². The van der Waals surface area contributed by atoms with E-state index in [0.717, 1.165) is 13.1 Å². The molecule has 19 heavy (non-hydrogen) atoms. The van der Waals surface area contributed by atoms with Gasteiger partial charge in [0.1, 0.15) is 5.60 Å². The highest BCUT2D eigenvalue weighted by Crippen LogP contribution is 2.19. The molecular weight excluding hydrogens is 244 g/mol. The van der Waals surface area contributed by atoms with Crippen LogP contribution in [0, 0.1) is 0 Å². The summed E-state index contributed by atoms with van der Waals surface area (Å²) in [4.78, 5) is 16.2. The van der Waals surface area contributed by atoms with Crippen molar-refractivity contribution >= 4 is 6.09 Å². The van der Waals surface area contributed by atoms with Gasteiger partial charge in [0.15, 0.2) is 0 Å². The van der Waals surface area contributed by atoms with E-state index in [1.54, 1.807) is 6.92 Å². The number of aliphatic hydroxyl groups is 1. The van der Waals surface area contributed by atoms with Crippen LogP contribution in [0.4, 0.5) is 4.79 Å². The summed E-state index contributed by atoms with van der Waals surface area (Å²) in [5, 5.41) is 9.46. The van der Waals surface area contributed by atoms with Crippen LogP contribution in [0.3, 0.4) is 0 Å². The second kappa shape index (κ2) is 6.09. The van der Waals surface area contributed by atoms with E-state index < -0.39 is 5.60 Å². The fourth-order valence-corrected chi connectivity index (χ4v) is 2.63. The van der Waals surface area contributed by atoms with Crippen molar-refractivity contribution in [2.24, 2.45) is 0 Å². The number of piperazine rings is 1. The van der Waals surface area contributed by atoms with Gasteiger partial charge in [-0.15, -0.1) is 0 Å². The Morgan fingerprint density at radius 1 is 1.32 bits per heavy atom. The number of carbonyl (C=O) groups is 1. The molecular formula is C14H28N2O3. The van der Waals surface area contributed by atoms with Crippen molar-refractivity contribution in [1.29, 1.82) is 0 Å². The number of nitrogens with zero attached hydrogens (tertiary/aromatic N) is 2. The van der Waals surface area contributed by atoms with Gasteiger partial charge in [0.25, 0.3) is 0 Å². The number of carbonyl (C=O) groups excluding carboxylic acids is 1. The predicted octanol–water partition coefficient (Wildman–Crippen LogP) is 1.70. The molecule has 1 saturated heterocycles. The maximum absolute atomic E-state index is 12.2. The molecule has 3 atom stereocenters. The highest BCUT2D eigenvalue weighted by Gasteiger charge is 2.35. The predicted molar refractivity (Wildman–Crippen MR) is 75.1 cm³/mol. The van der Waals surface area contributed by atoms with E-state index in [1.165, 1.54) is 0 Å². The Bertz CT molecular complexity index is 300. The van der Waals surface area contributed by atoms with Crippen molar-refractivity contribution in [3.05, 3.63) is 0 Å². The monoisotopic (exact) mass is 272 g/mol. The van der Waals surface area contributed by atoms with E-state index in [0.29, 0.717) is 6.54 Å². The lowest BCUT2D eigenvalue weighted by Crippen LogP contribution is -2.60. The second-order valence-corrected chi connectivity index (χ2v) is 6.65. The van der Waals surface area contributed by atoms with Gasteiger partial charge in [-0.2, -0.15) is 0 Å². The summed E-state index contributed by atoms with van der Waals surface area (Å²) in [5.41, 5.74) is -0.465. The standard InChI is InChI=1S/C14H28N2O3/c1-10-7-15(9-12(3)17)8-11(2)16(10)13(18)19-14(4,5)6/h10-12,17H,7-9H2,1-6H3/t10?,11?,12-/m0/s1. The maximum Gasteiger partial charge on any atom is 0.410 e. The summed E-state index contributed by atoms with van der Waals surface area (Å²) >= 11 is 0. The molecule has 2 unspecified atom stereocenters. The van der Waals surface area contributed by atoms with E-state index in [1.807, 2.05) is 39.5 Å². The summed E-state index contributed by atoms with van der Waals surface area (Å²) < 4.78 is 5.45. The third kappa shape index (κ3) is 4.99. The summed E-state index contributed by atoms with van der Waals surface area (Å²) in [5.74, 6) is 0. The first kappa shape index (κ1) is 16.2. The zero-order valence-electron chi connectivity index (χ0n) is 13.0. The second-order valence-electron chi connectivity index (χ2n) is 6.65. The zero-order chi connectivity index (χ0) is 14.8. The molecule has 0 aromatic rings. The molecule has 1 rings (SSSR count). The van der Waals surface area contributed by atoms with Crippen LogP contribution in [0.15, 0.2) is 0 Å². The fraction of sp³-hybridized carbons (Fsp3) is 0.929. The van der Waals surface area contributed by atoms with Gasteiger partial charge in [-0.1, -0.05) is 0 Å². The number of aliphatic hydroxyl groups excluding tert-OH is 1. The first-order chi connectivity index (χ1) is 8.60. The molecule has 0 aromatic heterocycles. The summed E-state index contributed by atoms with van der Waals surface area (Å²) in [6, 6.07) is 0.190. The molecule has 5 heteroatoms. The molecule has 1 heterocycles. The van der Waals surface area contributed by atoms with Crippen LogP contribution in [0.2, 0.25) is 0 Å². The minimum absolute atomic E-state index is 0.0948. The molecule has 1 aliphatic rings. The largest absolute Gasteiger partial charge is 0.444 e. The van der Waals surface area contributed by atoms with E-state index in [4.69, 9.17) is 4.74 Å². The van der Waals surface area contributed by atoms with Crippen LogP contribution in [0.1, 0.15) is 41.5 Å². The van der Waals surface area contributed by atoms with Gasteiger partial charge in [-0.05, 0) is 41.5 Å². The fourth-order valence-electron chi connectivity index (χ4n) is 2.63. The lowest BCUT2D eigenvalue weighted by atomic mass is 10.1. The Morgan fingerprint density at radius 2 is 1.79 bits per heavy atom. The number of β-amino-alcohol motifs (C(OH)–C–C–N with tert-alkyl or cyclic N) is 1. The number of amides is 1. The minimum Gasteiger partial charge on any atom is -0.444 e. The van der Waals surface area contributed by atoms with Crippen LogP contribution in [0.25, 0.3) is 0 Å². The first-order valence-electron chi connectivity index (χ1n) is 7.02. The molecule has 1 aliphatic heterocycles. The summed E-state index contributed by atoms with van der Waals surface area (Å²) in [7, 11) is 0. The van der Waals surface area contributed by atoms with Gasteiger partial charge in [0.05, 0.1) is 6.10 Å². The van der Waals surface area contributed by atoms with Gasteiger partial charge >= 0.3 is 6.09 Å². The molecule has 0 radical (unpaired) electrons. The SMILES string of the molecule is CC1CN(C[C@H](C)O)CC(C)N1C(=O)OC(C)(C)C. The van der Waals surface area contributed by atoms with Crippen molar-refractivity contribution in [3.63, 3.8) is 0 Å². The van der Waals surface area contributed by atoms with Gasteiger partial charge in [-0.3, -0.25) is 4.90 Å². The summed E-state index contributed by atoms with van der Waals surface area (Å²) in [6.45, 7) is 13.7. The van der Waals surface area contributed by atoms with E-state index >= 15 is 0 Å². The van der Waals surface area contributed by atoms with Crippen LogP contribution in [-0.2, 0) is 4.74 Å². The highest BCUT2D eigenvalue weighted by molar-refractivity contribution is 5.69. The Labute approximate surface area is 116 Å². The zero-order valence-corrected chi connectivity index (χ0v) is 13.0. The van der Waals surface area contributed by atoms with Gasteiger partial charge in [0, 0.05) is 31.7 Å². The molecule has 1 N–H and O–H groups in total. The van der Waals surface area contributed by atoms with Crippen molar-refractivity contribution in [1.82, 2.24) is 9.80 Å². The molecule has 0 aliphatic carbocycles. The number of rotatable bonds is 2. The van der Waals surface area contributed by atoms with Crippen molar-refractivity contribution in [2.75, 3.05) is 19.6 Å². The molecule has 0 spiro atoms. The van der Waals surface area contributed by atoms with Crippen LogP contribution in [-0.4, -0.2) is 64.4 Å². The molecule has 1 fully saturated rings. The normalized spacial score (nSPS) is 27.2. The molecule has 1 amide bonds. The maximum atomic E-state index is 12.2. The van der Waals surface area contributed by atoms with E-state index in [2.05, 4.69) is 4.90 Å². The Kier molecular flexibility index (Phi) is 5.21. The lowest BCUT2D eigenvalue weighted by Gasteiger charge is -2.44. The number of hydrogen-bond donors (Lipinski definition) is 1. The molecule has 112 valence electrons. The average Bonchev–Trinajstić information content (AvgIpc) is 2.10. The molecule has 0 bridgehead atoms.